The van der Waals surface area contributed by atoms with Crippen molar-refractivity contribution in [3.63, 3.8) is 0 Å². The summed E-state index contributed by atoms with van der Waals surface area (Å²) in [4.78, 5) is 2.33. The molecule has 0 aliphatic heterocycles. The van der Waals surface area contributed by atoms with Crippen molar-refractivity contribution < 1.29 is 4.42 Å². The highest BCUT2D eigenvalue weighted by atomic mass is 32.1. The van der Waals surface area contributed by atoms with Gasteiger partial charge < -0.3 is 13.9 Å². The summed E-state index contributed by atoms with van der Waals surface area (Å²) < 4.78 is 14.0. The lowest BCUT2D eigenvalue weighted by atomic mass is 10.00. The Balaban J connectivity index is 0.900. The number of rotatable bonds is 5. The van der Waals surface area contributed by atoms with Gasteiger partial charge in [0.1, 0.15) is 11.2 Å². The van der Waals surface area contributed by atoms with E-state index < -0.39 is 0 Å². The number of para-hydroxylation sites is 3. The fourth-order valence-electron chi connectivity index (χ4n) is 10.0. The highest BCUT2D eigenvalue weighted by molar-refractivity contribution is 7.26. The van der Waals surface area contributed by atoms with Crippen LogP contribution in [0.2, 0.25) is 0 Å². The topological polar surface area (TPSA) is 21.3 Å². The van der Waals surface area contributed by atoms with E-state index in [0.717, 1.165) is 39.0 Å². The van der Waals surface area contributed by atoms with E-state index in [9.17, 15) is 0 Å². The summed E-state index contributed by atoms with van der Waals surface area (Å²) in [7, 11) is 0. The predicted molar refractivity (Wildman–Crippen MR) is 271 cm³/mol. The smallest absolute Gasteiger partial charge is 0.137 e. The van der Waals surface area contributed by atoms with E-state index in [1.807, 2.05) is 34.8 Å². The first kappa shape index (κ1) is 35.0. The number of aromatic nitrogens is 1. The molecule has 0 aliphatic rings. The van der Waals surface area contributed by atoms with Crippen molar-refractivity contribution in [3.05, 3.63) is 206 Å². The van der Waals surface area contributed by atoms with Crippen molar-refractivity contribution in [2.45, 2.75) is 0 Å². The van der Waals surface area contributed by atoms with E-state index >= 15 is 0 Å². The third kappa shape index (κ3) is 5.31. The van der Waals surface area contributed by atoms with Crippen LogP contribution in [-0.2, 0) is 0 Å². The molecule has 0 N–H and O–H groups in total. The third-order valence-corrected chi connectivity index (χ3v) is 15.3. The zero-order valence-electron chi connectivity index (χ0n) is 33.7. The van der Waals surface area contributed by atoms with Crippen LogP contribution < -0.4 is 4.90 Å². The molecule has 0 aliphatic carbocycles. The molecule has 14 rings (SSSR count). The minimum absolute atomic E-state index is 0.884. The normalized spacial score (nSPS) is 12.1. The number of benzene rings is 10. The Morgan fingerprint density at radius 3 is 1.86 bits per heavy atom. The molecule has 0 spiro atoms. The number of nitrogens with zero attached hydrogens (tertiary/aromatic N) is 2. The summed E-state index contributed by atoms with van der Waals surface area (Å²) in [5, 5.41) is 12.6. The van der Waals surface area contributed by atoms with Crippen LogP contribution in [0.3, 0.4) is 0 Å². The SMILES string of the molecule is c1ccc(N(c2ccc3c(c2)oc2ccccc23)c2ccc3c(c2)sc2cc(-c4ccc5c(c4)c4cc6ccc7c8ccccc8sc7c6cc4n5-c4ccccc4)ccc23)cc1. The number of thiophene rings is 2. The molecule has 0 unspecified atom stereocenters. The van der Waals surface area contributed by atoms with E-state index in [0.29, 0.717) is 0 Å². The molecule has 0 fully saturated rings. The van der Waals surface area contributed by atoms with E-state index in [1.165, 1.54) is 89.7 Å². The molecular formula is C58H34N2OS2. The number of fused-ring (bicyclic) bond motifs is 14. The molecule has 0 radical (unpaired) electrons. The van der Waals surface area contributed by atoms with Crippen LogP contribution >= 0.6 is 22.7 Å². The van der Waals surface area contributed by atoms with E-state index in [2.05, 4.69) is 204 Å². The second-order valence-electron chi connectivity index (χ2n) is 16.5. The quantitative estimate of drug-likeness (QED) is 0.172. The average molecular weight is 839 g/mol. The molecule has 10 aromatic carbocycles. The number of anilines is 3. The second kappa shape index (κ2) is 13.4. The fraction of sp³-hybridized carbons (Fsp3) is 0. The molecule has 0 bridgehead atoms. The Bertz CT molecular complexity index is 4150. The Labute approximate surface area is 369 Å². The predicted octanol–water partition coefficient (Wildman–Crippen LogP) is 17.7. The van der Waals surface area contributed by atoms with Crippen LogP contribution in [-0.4, -0.2) is 4.57 Å². The maximum absolute atomic E-state index is 6.35. The summed E-state index contributed by atoms with van der Waals surface area (Å²) in [5.41, 5.74) is 11.1. The summed E-state index contributed by atoms with van der Waals surface area (Å²) in [6, 6.07) is 75.4. The van der Waals surface area contributed by atoms with Crippen LogP contribution in [0.5, 0.6) is 0 Å². The van der Waals surface area contributed by atoms with Crippen LogP contribution in [0.4, 0.5) is 17.1 Å². The lowest BCUT2D eigenvalue weighted by Crippen LogP contribution is -2.09. The van der Waals surface area contributed by atoms with Gasteiger partial charge in [0.2, 0.25) is 0 Å². The molecule has 5 heteroatoms. The largest absolute Gasteiger partial charge is 0.456 e. The molecule has 14 aromatic rings. The molecular weight excluding hydrogens is 805 g/mol. The van der Waals surface area contributed by atoms with Gasteiger partial charge in [-0.3, -0.25) is 0 Å². The molecule has 0 saturated carbocycles. The van der Waals surface area contributed by atoms with Crippen LogP contribution in [0.1, 0.15) is 0 Å². The maximum Gasteiger partial charge on any atom is 0.137 e. The zero-order valence-corrected chi connectivity index (χ0v) is 35.4. The zero-order chi connectivity index (χ0) is 41.2. The first-order valence-electron chi connectivity index (χ1n) is 21.3. The third-order valence-electron chi connectivity index (χ3n) is 12.9. The fourth-order valence-corrected chi connectivity index (χ4v) is 12.4. The average Bonchev–Trinajstić information content (AvgIpc) is 4.09. The van der Waals surface area contributed by atoms with Crippen molar-refractivity contribution >= 4 is 135 Å². The maximum atomic E-state index is 6.35. The van der Waals surface area contributed by atoms with Gasteiger partial charge in [0.25, 0.3) is 0 Å². The van der Waals surface area contributed by atoms with Crippen molar-refractivity contribution in [2.75, 3.05) is 4.90 Å². The minimum atomic E-state index is 0.884. The lowest BCUT2D eigenvalue weighted by molar-refractivity contribution is 0.669. The summed E-state index contributed by atoms with van der Waals surface area (Å²) in [6.07, 6.45) is 0. The van der Waals surface area contributed by atoms with Gasteiger partial charge in [-0.05, 0) is 108 Å². The van der Waals surface area contributed by atoms with E-state index in [1.54, 1.807) is 0 Å². The minimum Gasteiger partial charge on any atom is -0.456 e. The second-order valence-corrected chi connectivity index (χ2v) is 18.6. The van der Waals surface area contributed by atoms with Gasteiger partial charge in [0, 0.05) is 96.1 Å². The molecule has 3 nitrogen and oxygen atoms in total. The van der Waals surface area contributed by atoms with Gasteiger partial charge >= 0.3 is 0 Å². The molecule has 0 saturated heterocycles. The Kier molecular flexibility index (Phi) is 7.43. The summed E-state index contributed by atoms with van der Waals surface area (Å²) in [5.74, 6) is 0. The lowest BCUT2D eigenvalue weighted by Gasteiger charge is -2.25. The van der Waals surface area contributed by atoms with Crippen molar-refractivity contribution in [2.24, 2.45) is 0 Å². The number of furan rings is 1. The van der Waals surface area contributed by atoms with Gasteiger partial charge in [-0.2, -0.15) is 0 Å². The number of hydrogen-bond acceptors (Lipinski definition) is 4. The van der Waals surface area contributed by atoms with Gasteiger partial charge in [-0.25, -0.2) is 0 Å². The van der Waals surface area contributed by atoms with Gasteiger partial charge in [-0.1, -0.05) is 109 Å². The van der Waals surface area contributed by atoms with Crippen LogP contribution in [0.15, 0.2) is 211 Å². The standard InChI is InChI=1S/C58H34N2OS2/c1-3-11-38(12-4-1)59(40-22-26-43-42-15-7-9-17-53(42)61-54(43)32-40)41-23-27-46-45-24-19-36(31-56(45)62-57(46)33-41)35-21-28-51-49(29-35)50-30-37-20-25-47-44-16-8-10-18-55(44)63-58(47)48(37)34-52(50)60(51)39-13-5-2-6-14-39/h1-34H. The highest BCUT2D eigenvalue weighted by Gasteiger charge is 2.19. The highest BCUT2D eigenvalue weighted by Crippen LogP contribution is 2.45. The Morgan fingerprint density at radius 1 is 0.349 bits per heavy atom. The van der Waals surface area contributed by atoms with Gasteiger partial charge in [0.05, 0.1) is 11.0 Å². The molecule has 63 heavy (non-hydrogen) atoms. The molecule has 294 valence electrons. The van der Waals surface area contributed by atoms with E-state index in [4.69, 9.17) is 4.42 Å². The van der Waals surface area contributed by atoms with Crippen molar-refractivity contribution in [1.82, 2.24) is 4.57 Å². The van der Waals surface area contributed by atoms with Crippen molar-refractivity contribution in [1.29, 1.82) is 0 Å². The monoisotopic (exact) mass is 838 g/mol. The molecule has 0 amide bonds. The van der Waals surface area contributed by atoms with Gasteiger partial charge in [-0.15, -0.1) is 22.7 Å². The molecule has 4 heterocycles. The van der Waals surface area contributed by atoms with Gasteiger partial charge in [0.15, 0.2) is 0 Å². The van der Waals surface area contributed by atoms with Crippen LogP contribution in [0, 0.1) is 0 Å². The first-order chi connectivity index (χ1) is 31.2. The Morgan fingerprint density at radius 2 is 0.984 bits per heavy atom. The van der Waals surface area contributed by atoms with Crippen LogP contribution in [0.25, 0.3) is 112 Å². The number of hydrogen-bond donors (Lipinski definition) is 0. The van der Waals surface area contributed by atoms with E-state index in [-0.39, 0.29) is 0 Å². The van der Waals surface area contributed by atoms with Crippen molar-refractivity contribution in [3.8, 4) is 16.8 Å². The molecule has 4 aromatic heterocycles. The summed E-state index contributed by atoms with van der Waals surface area (Å²) in [6.45, 7) is 0. The molecule has 0 atom stereocenters. The summed E-state index contributed by atoms with van der Waals surface area (Å²) >= 11 is 3.76. The first-order valence-corrected chi connectivity index (χ1v) is 22.9. The Hall–Kier alpha value is -7.70.